The molecular weight excluding hydrogens is 361 g/mol. The second-order valence-electron chi connectivity index (χ2n) is 7.02. The summed E-state index contributed by atoms with van der Waals surface area (Å²) in [5, 5.41) is 3.48. The van der Waals surface area contributed by atoms with Crippen molar-refractivity contribution in [1.82, 2.24) is 15.2 Å². The van der Waals surface area contributed by atoms with Gasteiger partial charge in [-0.25, -0.2) is 4.39 Å². The number of carbonyl (C=O) groups excluding carboxylic acids is 2. The Labute approximate surface area is 161 Å². The third-order valence-corrected chi connectivity index (χ3v) is 5.05. The monoisotopic (exact) mass is 381 g/mol. The van der Waals surface area contributed by atoms with E-state index in [4.69, 9.17) is 4.42 Å². The largest absolute Gasteiger partial charge is 0.448 e. The van der Waals surface area contributed by atoms with Gasteiger partial charge in [-0.1, -0.05) is 12.1 Å². The molecule has 2 aromatic heterocycles. The highest BCUT2D eigenvalue weighted by Crippen LogP contribution is 2.28. The van der Waals surface area contributed by atoms with Gasteiger partial charge in [0, 0.05) is 48.9 Å². The number of amides is 2. The SMILES string of the molecule is Cc1c(C(=O)N(Cc2ccncc2)C[C@@H]2CCC(=O)N2)oc2c(F)cccc12. The van der Waals surface area contributed by atoms with Crippen molar-refractivity contribution in [3.05, 3.63) is 65.4 Å². The van der Waals surface area contributed by atoms with Gasteiger partial charge in [0.05, 0.1) is 0 Å². The van der Waals surface area contributed by atoms with Crippen molar-refractivity contribution in [3.8, 4) is 0 Å². The van der Waals surface area contributed by atoms with Crippen LogP contribution in [0.15, 0.2) is 47.1 Å². The van der Waals surface area contributed by atoms with E-state index in [9.17, 15) is 14.0 Å². The first-order valence-corrected chi connectivity index (χ1v) is 9.18. The molecule has 0 radical (unpaired) electrons. The normalized spacial score (nSPS) is 16.4. The Morgan fingerprint density at radius 1 is 1.32 bits per heavy atom. The lowest BCUT2D eigenvalue weighted by Gasteiger charge is -2.25. The van der Waals surface area contributed by atoms with Crippen LogP contribution in [0.1, 0.15) is 34.5 Å². The first-order chi connectivity index (χ1) is 13.5. The number of para-hydroxylation sites is 1. The van der Waals surface area contributed by atoms with Gasteiger partial charge in [0.2, 0.25) is 5.91 Å². The Kier molecular flexibility index (Phi) is 4.81. The fourth-order valence-electron chi connectivity index (χ4n) is 3.56. The quantitative estimate of drug-likeness (QED) is 0.736. The summed E-state index contributed by atoms with van der Waals surface area (Å²) in [4.78, 5) is 30.5. The second-order valence-corrected chi connectivity index (χ2v) is 7.02. The molecule has 144 valence electrons. The van der Waals surface area contributed by atoms with Crippen LogP contribution in [0, 0.1) is 12.7 Å². The molecular formula is C21H20FN3O3. The van der Waals surface area contributed by atoms with Gasteiger partial charge in [-0.05, 0) is 37.1 Å². The van der Waals surface area contributed by atoms with Gasteiger partial charge in [0.1, 0.15) is 0 Å². The molecule has 3 aromatic rings. The molecule has 6 nitrogen and oxygen atoms in total. The fourth-order valence-corrected chi connectivity index (χ4v) is 3.56. The lowest BCUT2D eigenvalue weighted by Crippen LogP contribution is -2.41. The number of nitrogens with one attached hydrogen (secondary N) is 1. The van der Waals surface area contributed by atoms with E-state index in [1.54, 1.807) is 36.4 Å². The average molecular weight is 381 g/mol. The molecule has 0 spiro atoms. The Morgan fingerprint density at radius 2 is 2.11 bits per heavy atom. The molecule has 3 heterocycles. The summed E-state index contributed by atoms with van der Waals surface area (Å²) in [7, 11) is 0. The Morgan fingerprint density at radius 3 is 2.79 bits per heavy atom. The number of carbonyl (C=O) groups is 2. The van der Waals surface area contributed by atoms with Crippen molar-refractivity contribution < 1.29 is 18.4 Å². The topological polar surface area (TPSA) is 75.4 Å². The molecule has 1 aliphatic heterocycles. The summed E-state index contributed by atoms with van der Waals surface area (Å²) >= 11 is 0. The molecule has 1 aromatic carbocycles. The standard InChI is InChI=1S/C21H20FN3O3/c1-13-16-3-2-4-17(22)20(16)28-19(13)21(27)25(11-14-7-9-23-10-8-14)12-15-5-6-18(26)24-15/h2-4,7-10,15H,5-6,11-12H2,1H3,(H,24,26)/t15-/m0/s1. The Hall–Kier alpha value is -3.22. The van der Waals surface area contributed by atoms with Gasteiger partial charge in [-0.3, -0.25) is 14.6 Å². The van der Waals surface area contributed by atoms with E-state index in [1.165, 1.54) is 6.07 Å². The first kappa shape index (κ1) is 18.2. The Balaban J connectivity index is 1.67. The van der Waals surface area contributed by atoms with Crippen molar-refractivity contribution in [2.45, 2.75) is 32.4 Å². The lowest BCUT2D eigenvalue weighted by molar-refractivity contribution is -0.119. The summed E-state index contributed by atoms with van der Waals surface area (Å²) in [6, 6.07) is 8.19. The van der Waals surface area contributed by atoms with Crippen molar-refractivity contribution in [2.75, 3.05) is 6.54 Å². The van der Waals surface area contributed by atoms with Crippen molar-refractivity contribution in [2.24, 2.45) is 0 Å². The smallest absolute Gasteiger partial charge is 0.290 e. The van der Waals surface area contributed by atoms with Crippen LogP contribution in [-0.2, 0) is 11.3 Å². The zero-order valence-corrected chi connectivity index (χ0v) is 15.4. The number of hydrogen-bond acceptors (Lipinski definition) is 4. The summed E-state index contributed by atoms with van der Waals surface area (Å²) < 4.78 is 19.7. The van der Waals surface area contributed by atoms with E-state index in [2.05, 4.69) is 10.3 Å². The lowest BCUT2D eigenvalue weighted by atomic mass is 10.1. The van der Waals surface area contributed by atoms with Crippen molar-refractivity contribution in [3.63, 3.8) is 0 Å². The number of pyridine rings is 1. The molecule has 4 rings (SSSR count). The van der Waals surface area contributed by atoms with Gasteiger partial charge in [-0.15, -0.1) is 0 Å². The van der Waals surface area contributed by atoms with Gasteiger partial charge in [0.25, 0.3) is 5.91 Å². The van der Waals surface area contributed by atoms with Gasteiger partial charge in [-0.2, -0.15) is 0 Å². The number of furan rings is 1. The highest BCUT2D eigenvalue weighted by atomic mass is 19.1. The minimum absolute atomic E-state index is 0.0108. The molecule has 1 aliphatic rings. The number of aromatic nitrogens is 1. The third-order valence-electron chi connectivity index (χ3n) is 5.05. The van der Waals surface area contributed by atoms with Gasteiger partial charge < -0.3 is 14.6 Å². The highest BCUT2D eigenvalue weighted by Gasteiger charge is 2.29. The molecule has 1 atom stereocenters. The maximum absolute atomic E-state index is 14.1. The van der Waals surface area contributed by atoms with Crippen LogP contribution < -0.4 is 5.32 Å². The Bertz CT molecular complexity index is 1030. The fraction of sp³-hybridized carbons (Fsp3) is 0.286. The van der Waals surface area contributed by atoms with E-state index >= 15 is 0 Å². The molecule has 0 bridgehead atoms. The van der Waals surface area contributed by atoms with Crippen LogP contribution in [0.2, 0.25) is 0 Å². The molecule has 0 aliphatic carbocycles. The maximum atomic E-state index is 14.1. The van der Waals surface area contributed by atoms with Crippen molar-refractivity contribution in [1.29, 1.82) is 0 Å². The minimum atomic E-state index is -0.497. The summed E-state index contributed by atoms with van der Waals surface area (Å²) in [5.74, 6) is -0.712. The van der Waals surface area contributed by atoms with Crippen LogP contribution in [0.3, 0.4) is 0 Å². The average Bonchev–Trinajstić information content (AvgIpc) is 3.26. The summed E-state index contributed by atoms with van der Waals surface area (Å²) in [5.41, 5.74) is 1.60. The number of benzene rings is 1. The molecule has 7 heteroatoms. The third kappa shape index (κ3) is 3.47. The van der Waals surface area contributed by atoms with Crippen LogP contribution in [0.5, 0.6) is 0 Å². The zero-order chi connectivity index (χ0) is 19.7. The minimum Gasteiger partial charge on any atom is -0.448 e. The molecule has 1 saturated heterocycles. The number of halogens is 1. The summed E-state index contributed by atoms with van der Waals surface area (Å²) in [6.45, 7) is 2.44. The molecule has 28 heavy (non-hydrogen) atoms. The highest BCUT2D eigenvalue weighted by molar-refractivity contribution is 5.99. The van der Waals surface area contributed by atoms with Gasteiger partial charge in [0.15, 0.2) is 17.2 Å². The number of nitrogens with zero attached hydrogens (tertiary/aromatic N) is 2. The zero-order valence-electron chi connectivity index (χ0n) is 15.4. The molecule has 1 fully saturated rings. The second kappa shape index (κ2) is 7.42. The molecule has 1 N–H and O–H groups in total. The van der Waals surface area contributed by atoms with Crippen LogP contribution in [0.4, 0.5) is 4.39 Å². The first-order valence-electron chi connectivity index (χ1n) is 9.18. The van der Waals surface area contributed by atoms with E-state index < -0.39 is 5.82 Å². The molecule has 2 amide bonds. The maximum Gasteiger partial charge on any atom is 0.290 e. The van der Waals surface area contributed by atoms with Crippen molar-refractivity contribution >= 4 is 22.8 Å². The van der Waals surface area contributed by atoms with E-state index in [-0.39, 0.29) is 29.2 Å². The number of rotatable bonds is 5. The number of hydrogen-bond donors (Lipinski definition) is 1. The predicted molar refractivity (Wildman–Crippen MR) is 101 cm³/mol. The van der Waals surface area contributed by atoms with E-state index in [0.29, 0.717) is 36.9 Å². The molecule has 0 saturated carbocycles. The number of fused-ring (bicyclic) bond motifs is 1. The van der Waals surface area contributed by atoms with Crippen LogP contribution in [-0.4, -0.2) is 34.3 Å². The number of aryl methyl sites for hydroxylation is 1. The summed E-state index contributed by atoms with van der Waals surface area (Å²) in [6.07, 6.45) is 4.46. The van der Waals surface area contributed by atoms with Gasteiger partial charge >= 0.3 is 0 Å². The predicted octanol–water partition coefficient (Wildman–Crippen LogP) is 3.20. The molecule has 0 unspecified atom stereocenters. The van der Waals surface area contributed by atoms with Crippen LogP contribution in [0.25, 0.3) is 11.0 Å². The van der Waals surface area contributed by atoms with E-state index in [0.717, 1.165) is 5.56 Å². The van der Waals surface area contributed by atoms with Crippen LogP contribution >= 0.6 is 0 Å². The van der Waals surface area contributed by atoms with E-state index in [1.807, 2.05) is 12.1 Å².